The lowest BCUT2D eigenvalue weighted by Crippen LogP contribution is -2.47. The number of Topliss-reactive ketones (excluding diaryl/α,β-unsaturated/α-hetero) is 1. The summed E-state index contributed by atoms with van der Waals surface area (Å²) < 4.78 is 6.41. The van der Waals surface area contributed by atoms with E-state index in [0.29, 0.717) is 24.4 Å². The molecule has 0 bridgehead atoms. The monoisotopic (exact) mass is 372 g/mol. The third-order valence-electron chi connectivity index (χ3n) is 6.86. The Hall–Kier alpha value is -1.51. The number of rotatable bonds is 6. The highest BCUT2D eigenvalue weighted by molar-refractivity contribution is 5.81. The number of benzene rings is 1. The molecule has 0 unspecified atom stereocenters. The molecule has 0 radical (unpaired) electrons. The van der Waals surface area contributed by atoms with Crippen LogP contribution in [0.2, 0.25) is 0 Å². The zero-order chi connectivity index (χ0) is 19.8. The van der Waals surface area contributed by atoms with Gasteiger partial charge >= 0.3 is 0 Å². The van der Waals surface area contributed by atoms with Crippen LogP contribution >= 0.6 is 0 Å². The molecule has 2 atom stereocenters. The van der Waals surface area contributed by atoms with Crippen LogP contribution in [0.25, 0.3) is 0 Å². The van der Waals surface area contributed by atoms with Crippen LogP contribution in [0.1, 0.15) is 103 Å². The number of ether oxygens (including phenoxy) is 1. The third kappa shape index (κ3) is 4.02. The maximum atomic E-state index is 12.1. The van der Waals surface area contributed by atoms with Crippen molar-refractivity contribution < 1.29 is 14.6 Å². The SMILES string of the molecule is CCCCCCC(C)(C)c1cc(O)c2c(c1)OC(C)(C)[C@@H]1CCC(=O)C[C@H]21. The van der Waals surface area contributed by atoms with Crippen molar-refractivity contribution in [1.29, 1.82) is 0 Å². The molecule has 1 aliphatic carbocycles. The number of aromatic hydroxyl groups is 1. The normalized spacial score (nSPS) is 24.1. The van der Waals surface area contributed by atoms with Crippen molar-refractivity contribution in [2.24, 2.45) is 5.92 Å². The van der Waals surface area contributed by atoms with E-state index in [0.717, 1.165) is 29.7 Å². The maximum absolute atomic E-state index is 12.1. The van der Waals surface area contributed by atoms with Crippen LogP contribution in [-0.4, -0.2) is 16.5 Å². The number of carbonyl (C=O) groups excluding carboxylic acids is 1. The van der Waals surface area contributed by atoms with E-state index in [2.05, 4.69) is 40.7 Å². The molecule has 3 nitrogen and oxygen atoms in total. The van der Waals surface area contributed by atoms with Gasteiger partial charge in [0.1, 0.15) is 22.9 Å². The highest BCUT2D eigenvalue weighted by atomic mass is 16.5. The topological polar surface area (TPSA) is 46.5 Å². The Morgan fingerprint density at radius 3 is 2.67 bits per heavy atom. The van der Waals surface area contributed by atoms with Crippen molar-refractivity contribution in [3.63, 3.8) is 0 Å². The minimum absolute atomic E-state index is 0.00696. The first-order valence-corrected chi connectivity index (χ1v) is 10.7. The van der Waals surface area contributed by atoms with Crippen LogP contribution in [0.15, 0.2) is 12.1 Å². The van der Waals surface area contributed by atoms with Gasteiger partial charge in [-0.05, 0) is 49.8 Å². The van der Waals surface area contributed by atoms with Gasteiger partial charge < -0.3 is 9.84 Å². The van der Waals surface area contributed by atoms with Gasteiger partial charge in [-0.25, -0.2) is 0 Å². The van der Waals surface area contributed by atoms with E-state index in [4.69, 9.17) is 4.74 Å². The largest absolute Gasteiger partial charge is 0.508 e. The van der Waals surface area contributed by atoms with Gasteiger partial charge in [-0.15, -0.1) is 0 Å². The second-order valence-electron chi connectivity index (χ2n) is 9.80. The molecule has 3 rings (SSSR count). The standard InChI is InChI=1S/C24H36O3/c1-6-7-8-9-12-23(2,3)16-13-20(26)22-18-15-17(25)10-11-19(18)24(4,5)27-21(22)14-16/h13-14,18-19,26H,6-12,15H2,1-5H3/t18-,19+/m0/s1. The molecular weight excluding hydrogens is 336 g/mol. The van der Waals surface area contributed by atoms with E-state index in [1.165, 1.54) is 25.7 Å². The minimum Gasteiger partial charge on any atom is -0.508 e. The van der Waals surface area contributed by atoms with Crippen molar-refractivity contribution in [2.45, 2.75) is 103 Å². The van der Waals surface area contributed by atoms with Gasteiger partial charge in [0.2, 0.25) is 0 Å². The molecule has 150 valence electrons. The quantitative estimate of drug-likeness (QED) is 0.599. The fourth-order valence-electron chi connectivity index (χ4n) is 5.10. The first-order valence-electron chi connectivity index (χ1n) is 10.7. The maximum Gasteiger partial charge on any atom is 0.133 e. The lowest BCUT2D eigenvalue weighted by molar-refractivity contribution is -0.124. The van der Waals surface area contributed by atoms with E-state index in [9.17, 15) is 9.90 Å². The van der Waals surface area contributed by atoms with Gasteiger partial charge in [0.25, 0.3) is 0 Å². The first-order chi connectivity index (χ1) is 12.7. The Morgan fingerprint density at radius 1 is 1.22 bits per heavy atom. The Kier molecular flexibility index (Phi) is 5.61. The average molecular weight is 373 g/mol. The Labute approximate surface area is 164 Å². The van der Waals surface area contributed by atoms with Crippen LogP contribution in [0.5, 0.6) is 11.5 Å². The minimum atomic E-state index is -0.311. The van der Waals surface area contributed by atoms with Crippen molar-refractivity contribution in [3.05, 3.63) is 23.3 Å². The molecule has 2 aliphatic rings. The van der Waals surface area contributed by atoms with Gasteiger partial charge in [0.15, 0.2) is 0 Å². The summed E-state index contributed by atoms with van der Waals surface area (Å²) in [4.78, 5) is 12.1. The molecule has 0 saturated heterocycles. The summed E-state index contributed by atoms with van der Waals surface area (Å²) in [6.45, 7) is 11.0. The van der Waals surface area contributed by atoms with Crippen molar-refractivity contribution in [2.75, 3.05) is 0 Å². The zero-order valence-corrected chi connectivity index (χ0v) is 17.7. The van der Waals surface area contributed by atoms with Crippen LogP contribution in [0, 0.1) is 5.92 Å². The van der Waals surface area contributed by atoms with E-state index >= 15 is 0 Å². The lowest BCUT2D eigenvalue weighted by atomic mass is 9.66. The molecule has 1 aromatic rings. The van der Waals surface area contributed by atoms with Gasteiger partial charge in [0, 0.05) is 30.2 Å². The Morgan fingerprint density at radius 2 is 1.96 bits per heavy atom. The molecule has 0 amide bonds. The highest BCUT2D eigenvalue weighted by Crippen LogP contribution is 2.54. The van der Waals surface area contributed by atoms with Crippen molar-refractivity contribution in [1.82, 2.24) is 0 Å². The van der Waals surface area contributed by atoms with Crippen molar-refractivity contribution in [3.8, 4) is 11.5 Å². The predicted molar refractivity (Wildman–Crippen MR) is 110 cm³/mol. The molecule has 1 aromatic carbocycles. The smallest absolute Gasteiger partial charge is 0.133 e. The van der Waals surface area contributed by atoms with Crippen molar-refractivity contribution >= 4 is 5.78 Å². The summed E-state index contributed by atoms with van der Waals surface area (Å²) in [5.74, 6) is 1.75. The van der Waals surface area contributed by atoms with Gasteiger partial charge in [-0.3, -0.25) is 4.79 Å². The number of unbranched alkanes of at least 4 members (excludes halogenated alkanes) is 3. The molecule has 1 saturated carbocycles. The van der Waals surface area contributed by atoms with Crippen LogP contribution < -0.4 is 4.74 Å². The lowest BCUT2D eigenvalue weighted by Gasteiger charge is -2.47. The molecular formula is C24H36O3. The van der Waals surface area contributed by atoms with Crippen LogP contribution in [0.3, 0.4) is 0 Å². The van der Waals surface area contributed by atoms with Crippen LogP contribution in [0.4, 0.5) is 0 Å². The summed E-state index contributed by atoms with van der Waals surface area (Å²) in [6, 6.07) is 4.06. The van der Waals surface area contributed by atoms with E-state index in [-0.39, 0.29) is 22.9 Å². The number of phenols is 1. The molecule has 1 N–H and O–H groups in total. The number of fused-ring (bicyclic) bond motifs is 3. The second kappa shape index (κ2) is 7.48. The molecule has 0 aromatic heterocycles. The molecule has 27 heavy (non-hydrogen) atoms. The number of hydrogen-bond acceptors (Lipinski definition) is 3. The molecule has 3 heteroatoms. The highest BCUT2D eigenvalue weighted by Gasteiger charge is 2.47. The molecule has 1 heterocycles. The summed E-state index contributed by atoms with van der Waals surface area (Å²) in [5, 5.41) is 10.9. The average Bonchev–Trinajstić information content (AvgIpc) is 2.57. The summed E-state index contributed by atoms with van der Waals surface area (Å²) in [7, 11) is 0. The predicted octanol–water partition coefficient (Wildman–Crippen LogP) is 6.26. The first kappa shape index (κ1) is 20.2. The van der Waals surface area contributed by atoms with Gasteiger partial charge in [-0.2, -0.15) is 0 Å². The number of ketones is 1. The fraction of sp³-hybridized carbons (Fsp3) is 0.708. The summed E-state index contributed by atoms with van der Waals surface area (Å²) in [6.07, 6.45) is 8.07. The molecule has 1 fully saturated rings. The van der Waals surface area contributed by atoms with Crippen LogP contribution in [-0.2, 0) is 10.2 Å². The molecule has 0 spiro atoms. The summed E-state index contributed by atoms with van der Waals surface area (Å²) >= 11 is 0. The van der Waals surface area contributed by atoms with E-state index < -0.39 is 0 Å². The molecule has 1 aliphatic heterocycles. The summed E-state index contributed by atoms with van der Waals surface area (Å²) in [5.41, 5.74) is 1.67. The van der Waals surface area contributed by atoms with Gasteiger partial charge in [-0.1, -0.05) is 46.5 Å². The number of carbonyl (C=O) groups is 1. The van der Waals surface area contributed by atoms with E-state index in [1.54, 1.807) is 0 Å². The van der Waals surface area contributed by atoms with E-state index in [1.807, 2.05) is 6.07 Å². The number of phenolic OH excluding ortho intramolecular Hbond substituents is 1. The zero-order valence-electron chi connectivity index (χ0n) is 17.7. The third-order valence-corrected chi connectivity index (χ3v) is 6.86. The second-order valence-corrected chi connectivity index (χ2v) is 9.80. The Balaban J connectivity index is 1.92. The fourth-order valence-corrected chi connectivity index (χ4v) is 5.10. The van der Waals surface area contributed by atoms with Gasteiger partial charge in [0.05, 0.1) is 0 Å². The Bertz CT molecular complexity index is 702. The number of hydrogen-bond donors (Lipinski definition) is 1.